The van der Waals surface area contributed by atoms with Crippen molar-refractivity contribution < 1.29 is 75.8 Å². The number of allylic oxidation sites excluding steroid dienone is 24. The van der Waals surface area contributed by atoms with Crippen molar-refractivity contribution in [2.45, 2.75) is 322 Å². The van der Waals surface area contributed by atoms with Gasteiger partial charge in [-0.3, -0.25) is 32.5 Å². The molecule has 0 aromatic heterocycles. The van der Waals surface area contributed by atoms with Crippen molar-refractivity contribution in [2.24, 2.45) is 0 Å². The molecule has 0 heterocycles. The Kier molecular flexibility index (Phi) is 71.7. The third-order valence-corrected chi connectivity index (χ3v) is 17.9. The minimum atomic E-state index is -4.94. The van der Waals surface area contributed by atoms with E-state index in [2.05, 4.69) is 167 Å². The molecule has 0 radical (unpaired) electrons. The fraction of sp³-hybridized carbons (Fsp3) is 0.675. The molecule has 0 fully saturated rings. The van der Waals surface area contributed by atoms with Crippen LogP contribution >= 0.6 is 15.6 Å². The van der Waals surface area contributed by atoms with Gasteiger partial charge in [-0.1, -0.05) is 295 Å². The fourth-order valence-electron chi connectivity index (χ4n) is 10.2. The van der Waals surface area contributed by atoms with Crippen LogP contribution in [0, 0.1) is 0 Å². The lowest BCUT2D eigenvalue weighted by atomic mass is 10.0. The van der Waals surface area contributed by atoms with Crippen LogP contribution in [0.15, 0.2) is 146 Å². The summed E-state index contributed by atoms with van der Waals surface area (Å²) in [4.78, 5) is 58.7. The van der Waals surface area contributed by atoms with E-state index in [4.69, 9.17) is 32.3 Å². The van der Waals surface area contributed by atoms with Crippen molar-refractivity contribution >= 4 is 33.6 Å². The molecular formula is C83H140O16P2. The molecule has 0 aromatic rings. The third-order valence-electron chi connectivity index (χ3n) is 16.0. The fourth-order valence-corrected chi connectivity index (χ4v) is 11.8. The van der Waals surface area contributed by atoms with Gasteiger partial charge in [0.25, 0.3) is 0 Å². The smallest absolute Gasteiger partial charge is 0.463 e. The SMILES string of the molecule is CC/C=C\C/C=C\C/C=C\C/C=C\C/C=C\CCCCCCCCCCCCCCCC(=O)OCC(O)COP(=O)(O)OCC(O)COP(=O)(O)OCC(COC(=O)CCCCCCCC/C=C\C/C=C\C/C=C\C/C=C\CC)OC(=O)CCCCCCCCC/C=C\C/C=C\C/C=C\CC. The minimum absolute atomic E-state index is 0.0864. The predicted molar refractivity (Wildman–Crippen MR) is 417 cm³/mol. The number of esters is 3. The number of unbranched alkanes of at least 4 members (excludes halogenated alkanes) is 26. The maximum atomic E-state index is 13.0. The van der Waals surface area contributed by atoms with E-state index in [1.54, 1.807) is 0 Å². The van der Waals surface area contributed by atoms with E-state index < -0.39 is 91.5 Å². The van der Waals surface area contributed by atoms with Crippen LogP contribution in [-0.4, -0.2) is 95.9 Å². The molecular weight excluding hydrogens is 1310 g/mol. The van der Waals surface area contributed by atoms with Crippen LogP contribution < -0.4 is 0 Å². The molecule has 4 N–H and O–H groups in total. The molecule has 18 heteroatoms. The van der Waals surface area contributed by atoms with E-state index in [9.17, 15) is 43.5 Å². The lowest BCUT2D eigenvalue weighted by molar-refractivity contribution is -0.161. The van der Waals surface area contributed by atoms with Gasteiger partial charge in [0.2, 0.25) is 0 Å². The van der Waals surface area contributed by atoms with Gasteiger partial charge in [-0.05, 0) is 135 Å². The molecule has 5 unspecified atom stereocenters. The zero-order valence-corrected chi connectivity index (χ0v) is 64.8. The van der Waals surface area contributed by atoms with E-state index >= 15 is 0 Å². The second-order valence-corrected chi connectivity index (χ2v) is 28.6. The minimum Gasteiger partial charge on any atom is -0.463 e. The second kappa shape index (κ2) is 75.1. The van der Waals surface area contributed by atoms with Crippen molar-refractivity contribution in [1.82, 2.24) is 0 Å². The van der Waals surface area contributed by atoms with E-state index in [1.165, 1.54) is 57.8 Å². The number of hydrogen-bond donors (Lipinski definition) is 4. The first-order chi connectivity index (χ1) is 49.2. The maximum absolute atomic E-state index is 13.0. The lowest BCUT2D eigenvalue weighted by Crippen LogP contribution is -2.30. The molecule has 0 saturated heterocycles. The third kappa shape index (κ3) is 76.4. The first-order valence-electron chi connectivity index (χ1n) is 39.1. The largest absolute Gasteiger partial charge is 0.472 e. The highest BCUT2D eigenvalue weighted by Gasteiger charge is 2.29. The first-order valence-corrected chi connectivity index (χ1v) is 42.1. The Morgan fingerprint density at radius 3 is 0.782 bits per heavy atom. The molecule has 0 aliphatic rings. The van der Waals surface area contributed by atoms with E-state index in [-0.39, 0.29) is 19.3 Å². The Bertz CT molecular complexity index is 2420. The van der Waals surface area contributed by atoms with Gasteiger partial charge in [-0.25, -0.2) is 9.13 Å². The Morgan fingerprint density at radius 2 is 0.495 bits per heavy atom. The van der Waals surface area contributed by atoms with Crippen molar-refractivity contribution in [3.63, 3.8) is 0 Å². The van der Waals surface area contributed by atoms with Crippen molar-refractivity contribution in [1.29, 1.82) is 0 Å². The van der Waals surface area contributed by atoms with Gasteiger partial charge in [0.15, 0.2) is 6.10 Å². The number of carbonyl (C=O) groups excluding carboxylic acids is 3. The summed E-state index contributed by atoms with van der Waals surface area (Å²) in [5.41, 5.74) is 0. The number of rotatable bonds is 73. The summed E-state index contributed by atoms with van der Waals surface area (Å²) in [7, 11) is -9.80. The average molecular weight is 1460 g/mol. The number of phosphoric ester groups is 2. The Hall–Kier alpha value is -4.57. The van der Waals surface area contributed by atoms with Gasteiger partial charge < -0.3 is 34.2 Å². The van der Waals surface area contributed by atoms with Crippen molar-refractivity contribution in [3.8, 4) is 0 Å². The molecule has 0 aliphatic heterocycles. The quantitative estimate of drug-likeness (QED) is 0.0146. The summed E-state index contributed by atoms with van der Waals surface area (Å²) in [6.45, 7) is 2.32. The Balaban J connectivity index is 4.56. The zero-order valence-electron chi connectivity index (χ0n) is 63.0. The van der Waals surface area contributed by atoms with E-state index in [1.807, 2.05) is 0 Å². The first kappa shape index (κ1) is 96.4. The summed E-state index contributed by atoms with van der Waals surface area (Å²) in [6, 6.07) is 0. The Labute approximate surface area is 613 Å². The van der Waals surface area contributed by atoms with Gasteiger partial charge >= 0.3 is 33.6 Å². The number of carbonyl (C=O) groups is 3. The van der Waals surface area contributed by atoms with Crippen LogP contribution in [0.4, 0.5) is 0 Å². The van der Waals surface area contributed by atoms with Crippen LogP contribution in [0.1, 0.15) is 303 Å². The van der Waals surface area contributed by atoms with Crippen LogP contribution in [-0.2, 0) is 55.8 Å². The van der Waals surface area contributed by atoms with Gasteiger partial charge in [0.05, 0.1) is 26.4 Å². The summed E-state index contributed by atoms with van der Waals surface area (Å²) in [5, 5.41) is 20.6. The molecule has 0 aliphatic carbocycles. The molecule has 101 heavy (non-hydrogen) atoms. The van der Waals surface area contributed by atoms with Crippen LogP contribution in [0.5, 0.6) is 0 Å². The molecule has 0 spiro atoms. The summed E-state index contributed by atoms with van der Waals surface area (Å²) in [5.74, 6) is -1.60. The van der Waals surface area contributed by atoms with Gasteiger partial charge in [-0.15, -0.1) is 0 Å². The highest BCUT2D eigenvalue weighted by molar-refractivity contribution is 7.47. The zero-order chi connectivity index (χ0) is 73.7. The van der Waals surface area contributed by atoms with Crippen LogP contribution in [0.2, 0.25) is 0 Å². The maximum Gasteiger partial charge on any atom is 0.472 e. The van der Waals surface area contributed by atoms with Crippen molar-refractivity contribution in [2.75, 3.05) is 39.6 Å². The Morgan fingerprint density at radius 1 is 0.277 bits per heavy atom. The number of aliphatic hydroxyl groups is 2. The molecule has 0 rings (SSSR count). The van der Waals surface area contributed by atoms with E-state index in [0.717, 1.165) is 186 Å². The summed E-state index contributed by atoms with van der Waals surface area (Å²) in [6.07, 6.45) is 91.8. The van der Waals surface area contributed by atoms with Gasteiger partial charge in [0, 0.05) is 19.3 Å². The molecule has 0 aromatic carbocycles. The highest BCUT2D eigenvalue weighted by Crippen LogP contribution is 2.45. The molecule has 0 saturated carbocycles. The summed E-state index contributed by atoms with van der Waals surface area (Å²) < 4.78 is 61.1. The van der Waals surface area contributed by atoms with Crippen molar-refractivity contribution in [3.05, 3.63) is 146 Å². The standard InChI is InChI=1S/C83H140O16P2/c1-4-7-10-13-16-19-22-25-28-31-33-34-35-36-37-38-39-40-41-42-44-47-48-51-54-57-60-63-66-69-81(86)93-72-78(84)73-95-100(89,90)96-74-79(85)75-97-101(91,92)98-77-80(99-83(88)71-68-65-62-59-56-53-50-45-30-27-24-21-18-15-12-9-6-3)76-94-82(87)70-67-64-61-58-55-52-49-46-43-32-29-26-23-20-17-14-11-8-5-2/h7-12,16-21,25-30,33-34,36-37,43,46,78-80,84-85H,4-6,13-15,22-24,31-32,35,38-42,44-45,47-77H2,1-3H3,(H,89,90)(H,91,92)/b10-7-,11-8-,12-9-,19-16-,20-17-,21-18-,28-25-,29-26-,30-27-,34-33-,37-36-,46-43-. The van der Waals surface area contributed by atoms with Crippen LogP contribution in [0.25, 0.3) is 0 Å². The lowest BCUT2D eigenvalue weighted by Gasteiger charge is -2.21. The van der Waals surface area contributed by atoms with Gasteiger partial charge in [-0.2, -0.15) is 0 Å². The molecule has 0 amide bonds. The highest BCUT2D eigenvalue weighted by atomic mass is 31.2. The number of ether oxygens (including phenoxy) is 3. The monoisotopic (exact) mass is 1450 g/mol. The topological polar surface area (TPSA) is 231 Å². The molecule has 16 nitrogen and oxygen atoms in total. The molecule has 578 valence electrons. The predicted octanol–water partition coefficient (Wildman–Crippen LogP) is 22.9. The summed E-state index contributed by atoms with van der Waals surface area (Å²) >= 11 is 0. The van der Waals surface area contributed by atoms with E-state index in [0.29, 0.717) is 19.3 Å². The average Bonchev–Trinajstić information content (AvgIpc) is 1.06. The molecule has 5 atom stereocenters. The number of hydrogen-bond acceptors (Lipinski definition) is 14. The van der Waals surface area contributed by atoms with Crippen LogP contribution in [0.3, 0.4) is 0 Å². The second-order valence-electron chi connectivity index (χ2n) is 25.7. The van der Waals surface area contributed by atoms with Gasteiger partial charge in [0.1, 0.15) is 25.4 Å². The number of aliphatic hydroxyl groups excluding tert-OH is 2. The number of phosphoric acid groups is 2. The normalized spacial score (nSPS) is 14.8. The molecule has 0 bridgehead atoms.